The molecule has 1 aliphatic rings. The molecule has 0 spiro atoms. The Hall–Kier alpha value is -2.21. The van der Waals surface area contributed by atoms with Gasteiger partial charge in [0.25, 0.3) is 0 Å². The van der Waals surface area contributed by atoms with E-state index < -0.39 is 0 Å². The minimum absolute atomic E-state index is 0.113. The monoisotopic (exact) mass is 419 g/mol. The van der Waals surface area contributed by atoms with Gasteiger partial charge in [0.1, 0.15) is 5.82 Å². The van der Waals surface area contributed by atoms with Gasteiger partial charge in [-0.15, -0.1) is 0 Å². The van der Waals surface area contributed by atoms with Crippen LogP contribution < -0.4 is 14.8 Å². The van der Waals surface area contributed by atoms with E-state index in [4.69, 9.17) is 26.2 Å². The molecule has 0 aliphatic carbocycles. The Balaban J connectivity index is 1.82. The van der Waals surface area contributed by atoms with Gasteiger partial charge in [0.05, 0.1) is 35.9 Å². The Morgan fingerprint density at radius 1 is 1.14 bits per heavy atom. The SMILES string of the molecule is CC(C)(C)c1cc(NC(=O)Cc2cc(Cl)c3c(c2)OCCCO3)n(C(C)(C)C)n1. The topological polar surface area (TPSA) is 65.4 Å². The number of nitrogens with one attached hydrogen (secondary N) is 1. The zero-order valence-corrected chi connectivity index (χ0v) is 18.8. The highest BCUT2D eigenvalue weighted by molar-refractivity contribution is 6.32. The molecule has 1 amide bonds. The summed E-state index contributed by atoms with van der Waals surface area (Å²) in [6.45, 7) is 13.6. The van der Waals surface area contributed by atoms with Crippen LogP contribution in [-0.2, 0) is 22.2 Å². The molecule has 0 atom stereocenters. The molecule has 3 rings (SSSR count). The molecule has 0 bridgehead atoms. The van der Waals surface area contributed by atoms with Gasteiger partial charge in [-0.05, 0) is 38.5 Å². The minimum atomic E-state index is -0.259. The maximum Gasteiger partial charge on any atom is 0.229 e. The zero-order chi connectivity index (χ0) is 21.4. The molecule has 2 aromatic rings. The molecule has 1 aromatic heterocycles. The summed E-state index contributed by atoms with van der Waals surface area (Å²) in [7, 11) is 0. The molecule has 29 heavy (non-hydrogen) atoms. The highest BCUT2D eigenvalue weighted by Gasteiger charge is 2.26. The van der Waals surface area contributed by atoms with Crippen molar-refractivity contribution in [3.63, 3.8) is 0 Å². The third kappa shape index (κ3) is 5.04. The molecule has 0 saturated carbocycles. The van der Waals surface area contributed by atoms with Crippen LogP contribution in [0.3, 0.4) is 0 Å². The Morgan fingerprint density at radius 3 is 2.48 bits per heavy atom. The lowest BCUT2D eigenvalue weighted by Crippen LogP contribution is -2.27. The van der Waals surface area contributed by atoms with Crippen molar-refractivity contribution in [1.29, 1.82) is 0 Å². The van der Waals surface area contributed by atoms with Gasteiger partial charge in [-0.3, -0.25) is 4.79 Å². The van der Waals surface area contributed by atoms with Gasteiger partial charge in [0.2, 0.25) is 5.91 Å². The van der Waals surface area contributed by atoms with E-state index in [2.05, 4.69) is 46.9 Å². The van der Waals surface area contributed by atoms with Crippen LogP contribution in [-0.4, -0.2) is 28.9 Å². The Kier molecular flexibility index (Phi) is 5.86. The smallest absolute Gasteiger partial charge is 0.229 e. The second-order valence-corrected chi connectivity index (χ2v) is 9.83. The Labute approximate surface area is 177 Å². The summed E-state index contributed by atoms with van der Waals surface area (Å²) in [6.07, 6.45) is 0.976. The number of rotatable bonds is 3. The van der Waals surface area contributed by atoms with Crippen molar-refractivity contribution in [2.75, 3.05) is 18.5 Å². The van der Waals surface area contributed by atoms with E-state index in [1.807, 2.05) is 16.8 Å². The number of anilines is 1. The van der Waals surface area contributed by atoms with Crippen LogP contribution >= 0.6 is 11.6 Å². The highest BCUT2D eigenvalue weighted by atomic mass is 35.5. The fourth-order valence-corrected chi connectivity index (χ4v) is 3.39. The standard InChI is InChI=1S/C22H30ClN3O3/c1-21(2,3)17-13-18(26(25-17)22(4,5)6)24-19(27)12-14-10-15(23)20-16(11-14)28-8-7-9-29-20/h10-11,13H,7-9,12H2,1-6H3,(H,24,27). The van der Waals surface area contributed by atoms with Gasteiger partial charge in [-0.25, -0.2) is 4.68 Å². The molecule has 0 fully saturated rings. The summed E-state index contributed by atoms with van der Waals surface area (Å²) in [5.74, 6) is 1.69. The highest BCUT2D eigenvalue weighted by Crippen LogP contribution is 2.38. The van der Waals surface area contributed by atoms with Crippen molar-refractivity contribution in [1.82, 2.24) is 9.78 Å². The van der Waals surface area contributed by atoms with Gasteiger partial charge >= 0.3 is 0 Å². The predicted molar refractivity (Wildman–Crippen MR) is 115 cm³/mol. The number of hydrogen-bond donors (Lipinski definition) is 1. The van der Waals surface area contributed by atoms with Crippen molar-refractivity contribution in [3.05, 3.63) is 34.5 Å². The number of carbonyl (C=O) groups excluding carboxylic acids is 1. The maximum absolute atomic E-state index is 12.8. The van der Waals surface area contributed by atoms with Gasteiger partial charge in [0.15, 0.2) is 11.5 Å². The second kappa shape index (κ2) is 7.90. The second-order valence-electron chi connectivity index (χ2n) is 9.43. The number of nitrogens with zero attached hydrogens (tertiary/aromatic N) is 2. The van der Waals surface area contributed by atoms with Gasteiger partial charge < -0.3 is 14.8 Å². The van der Waals surface area contributed by atoms with Crippen molar-refractivity contribution in [3.8, 4) is 11.5 Å². The van der Waals surface area contributed by atoms with E-state index in [9.17, 15) is 4.79 Å². The van der Waals surface area contributed by atoms with Crippen molar-refractivity contribution < 1.29 is 14.3 Å². The van der Waals surface area contributed by atoms with Crippen LogP contribution in [0.4, 0.5) is 5.82 Å². The molecule has 1 N–H and O–H groups in total. The van der Waals surface area contributed by atoms with Crippen molar-refractivity contribution in [2.24, 2.45) is 0 Å². The van der Waals surface area contributed by atoms with Crippen LogP contribution in [0.1, 0.15) is 59.2 Å². The number of fused-ring (bicyclic) bond motifs is 1. The molecule has 1 aliphatic heterocycles. The molecule has 0 saturated heterocycles. The normalized spacial score (nSPS) is 14.4. The first-order valence-electron chi connectivity index (χ1n) is 9.94. The number of benzene rings is 1. The summed E-state index contributed by atoms with van der Waals surface area (Å²) in [4.78, 5) is 12.8. The summed E-state index contributed by atoms with van der Waals surface area (Å²) in [5, 5.41) is 8.22. The van der Waals surface area contributed by atoms with Crippen molar-refractivity contribution in [2.45, 2.75) is 65.3 Å². The number of aromatic nitrogens is 2. The first-order chi connectivity index (χ1) is 13.4. The molecular formula is C22H30ClN3O3. The van der Waals surface area contributed by atoms with Gasteiger partial charge in [-0.1, -0.05) is 32.4 Å². The first kappa shape index (κ1) is 21.5. The Morgan fingerprint density at radius 2 is 1.83 bits per heavy atom. The number of amides is 1. The third-order valence-electron chi connectivity index (χ3n) is 4.61. The summed E-state index contributed by atoms with van der Waals surface area (Å²) < 4.78 is 13.2. The van der Waals surface area contributed by atoms with Crippen LogP contribution in [0.15, 0.2) is 18.2 Å². The number of halogens is 1. The number of ether oxygens (including phenoxy) is 2. The molecule has 1 aromatic carbocycles. The quantitative estimate of drug-likeness (QED) is 0.765. The summed E-state index contributed by atoms with van der Waals surface area (Å²) in [5.41, 5.74) is 1.33. The van der Waals surface area contributed by atoms with Crippen LogP contribution in [0.25, 0.3) is 0 Å². The maximum atomic E-state index is 12.8. The first-order valence-corrected chi connectivity index (χ1v) is 10.3. The molecule has 0 radical (unpaired) electrons. The zero-order valence-electron chi connectivity index (χ0n) is 18.1. The van der Waals surface area contributed by atoms with Gasteiger partial charge in [-0.2, -0.15) is 5.10 Å². The van der Waals surface area contributed by atoms with E-state index in [0.717, 1.165) is 17.7 Å². The fraction of sp³-hybridized carbons (Fsp3) is 0.545. The Bertz CT molecular complexity index is 907. The lowest BCUT2D eigenvalue weighted by Gasteiger charge is -2.23. The number of hydrogen-bond acceptors (Lipinski definition) is 4. The fourth-order valence-electron chi connectivity index (χ4n) is 3.11. The van der Waals surface area contributed by atoms with Crippen LogP contribution in [0.5, 0.6) is 11.5 Å². The predicted octanol–water partition coefficient (Wildman–Crippen LogP) is 4.93. The van der Waals surface area contributed by atoms with E-state index in [0.29, 0.717) is 35.6 Å². The van der Waals surface area contributed by atoms with E-state index >= 15 is 0 Å². The number of carbonyl (C=O) groups is 1. The minimum Gasteiger partial charge on any atom is -0.489 e. The van der Waals surface area contributed by atoms with E-state index in [-0.39, 0.29) is 23.3 Å². The summed E-state index contributed by atoms with van der Waals surface area (Å²) >= 11 is 6.35. The van der Waals surface area contributed by atoms with E-state index in [1.54, 1.807) is 6.07 Å². The molecule has 0 unspecified atom stereocenters. The van der Waals surface area contributed by atoms with Crippen molar-refractivity contribution >= 4 is 23.3 Å². The molecule has 2 heterocycles. The molecule has 7 heteroatoms. The molecule has 6 nitrogen and oxygen atoms in total. The summed E-state index contributed by atoms with van der Waals surface area (Å²) in [6, 6.07) is 5.54. The largest absolute Gasteiger partial charge is 0.489 e. The molecular weight excluding hydrogens is 390 g/mol. The lowest BCUT2D eigenvalue weighted by molar-refractivity contribution is -0.115. The average molecular weight is 420 g/mol. The van der Waals surface area contributed by atoms with Gasteiger partial charge in [0, 0.05) is 17.9 Å². The lowest BCUT2D eigenvalue weighted by atomic mass is 9.92. The molecule has 158 valence electrons. The van der Waals surface area contributed by atoms with Crippen LogP contribution in [0.2, 0.25) is 5.02 Å². The average Bonchev–Trinajstić information content (AvgIpc) is 2.86. The van der Waals surface area contributed by atoms with E-state index in [1.165, 1.54) is 0 Å². The third-order valence-corrected chi connectivity index (χ3v) is 4.89. The van der Waals surface area contributed by atoms with Crippen LogP contribution in [0, 0.1) is 0 Å².